The van der Waals surface area contributed by atoms with Crippen LogP contribution in [-0.2, 0) is 4.79 Å². The van der Waals surface area contributed by atoms with Gasteiger partial charge in [0.1, 0.15) is 11.5 Å². The molecule has 0 radical (unpaired) electrons. The van der Waals surface area contributed by atoms with E-state index in [-0.39, 0.29) is 5.91 Å². The minimum Gasteiger partial charge on any atom is -0.465 e. The molecule has 0 aliphatic carbocycles. The third-order valence-corrected chi connectivity index (χ3v) is 4.19. The van der Waals surface area contributed by atoms with Gasteiger partial charge < -0.3 is 9.15 Å². The average molecular weight is 439 g/mol. The first kappa shape index (κ1) is 19.3. The molecule has 0 unspecified atom stereocenters. The van der Waals surface area contributed by atoms with Crippen LogP contribution in [0.25, 0.3) is 6.08 Å². The van der Waals surface area contributed by atoms with Gasteiger partial charge in [-0.05, 0) is 64.0 Å². The molecule has 1 N–H and O–H groups in total. The lowest BCUT2D eigenvalue weighted by molar-refractivity contribution is -0.128. The third kappa shape index (κ3) is 5.52. The number of nitrogens with zero attached hydrogens (tertiary/aromatic N) is 1. The van der Waals surface area contributed by atoms with E-state index in [9.17, 15) is 9.59 Å². The molecule has 6 nitrogen and oxygen atoms in total. The van der Waals surface area contributed by atoms with E-state index >= 15 is 0 Å². The van der Waals surface area contributed by atoms with E-state index < -0.39 is 5.97 Å². The highest BCUT2D eigenvalue weighted by Crippen LogP contribution is 2.16. The minimum atomic E-state index is -0.535. The van der Waals surface area contributed by atoms with Crippen LogP contribution in [0.2, 0.25) is 0 Å². The Balaban J connectivity index is 1.58. The summed E-state index contributed by atoms with van der Waals surface area (Å²) < 4.78 is 11.0. The fraction of sp³-hybridized carbons (Fsp3) is 0. The number of nitrogens with one attached hydrogen (secondary N) is 1. The zero-order valence-electron chi connectivity index (χ0n) is 14.5. The van der Waals surface area contributed by atoms with Gasteiger partial charge in [-0.15, -0.1) is 0 Å². The summed E-state index contributed by atoms with van der Waals surface area (Å²) in [6.45, 7) is 0. The topological polar surface area (TPSA) is 80.9 Å². The Morgan fingerprint density at radius 3 is 2.71 bits per heavy atom. The van der Waals surface area contributed by atoms with E-state index in [1.165, 1.54) is 24.6 Å². The molecule has 1 heterocycles. The third-order valence-electron chi connectivity index (χ3n) is 3.50. The number of hydrazone groups is 1. The molecule has 0 spiro atoms. The van der Waals surface area contributed by atoms with Gasteiger partial charge in [0.15, 0.2) is 0 Å². The highest BCUT2D eigenvalue weighted by molar-refractivity contribution is 9.10. The van der Waals surface area contributed by atoms with Crippen LogP contribution in [-0.4, -0.2) is 18.1 Å². The van der Waals surface area contributed by atoms with Crippen LogP contribution in [0.4, 0.5) is 0 Å². The molecule has 0 bridgehead atoms. The number of ether oxygens (including phenoxy) is 1. The summed E-state index contributed by atoms with van der Waals surface area (Å²) >= 11 is 3.32. The second kappa shape index (κ2) is 9.48. The molecule has 28 heavy (non-hydrogen) atoms. The molecule has 1 amide bonds. The molecule has 0 saturated heterocycles. The Kier molecular flexibility index (Phi) is 6.54. The Labute approximate surface area is 169 Å². The zero-order chi connectivity index (χ0) is 19.8. The van der Waals surface area contributed by atoms with Crippen molar-refractivity contribution in [1.29, 1.82) is 0 Å². The van der Waals surface area contributed by atoms with Crippen LogP contribution in [0.3, 0.4) is 0 Å². The number of furan rings is 1. The van der Waals surface area contributed by atoms with Gasteiger partial charge >= 0.3 is 5.97 Å². The second-order valence-corrected chi connectivity index (χ2v) is 6.38. The van der Waals surface area contributed by atoms with E-state index in [1.54, 1.807) is 54.6 Å². The molecule has 0 aliphatic rings. The van der Waals surface area contributed by atoms with Gasteiger partial charge in [-0.1, -0.05) is 24.3 Å². The first-order chi connectivity index (χ1) is 13.6. The van der Waals surface area contributed by atoms with Crippen molar-refractivity contribution in [2.45, 2.75) is 0 Å². The fourth-order valence-corrected chi connectivity index (χ4v) is 2.68. The largest absolute Gasteiger partial charge is 0.465 e. The van der Waals surface area contributed by atoms with E-state index in [1.807, 2.05) is 6.07 Å². The number of hydrogen-bond acceptors (Lipinski definition) is 5. The number of carbonyl (C=O) groups excluding carboxylic acids is 2. The summed E-state index contributed by atoms with van der Waals surface area (Å²) in [5.41, 5.74) is 3.59. The minimum absolute atomic E-state index is 0.339. The lowest BCUT2D eigenvalue weighted by atomic mass is 10.2. The molecule has 7 heteroatoms. The van der Waals surface area contributed by atoms with E-state index in [4.69, 9.17) is 9.15 Å². The van der Waals surface area contributed by atoms with Gasteiger partial charge in [0.05, 0.1) is 18.0 Å². The van der Waals surface area contributed by atoms with Crippen LogP contribution in [0.5, 0.6) is 5.75 Å². The predicted octanol–water partition coefficient (Wildman–Crippen LogP) is 4.42. The Hall–Kier alpha value is -3.45. The Morgan fingerprint density at radius 1 is 1.07 bits per heavy atom. The molecular formula is C21H15BrN2O4. The summed E-state index contributed by atoms with van der Waals surface area (Å²) in [7, 11) is 0. The van der Waals surface area contributed by atoms with Crippen molar-refractivity contribution in [2.75, 3.05) is 0 Å². The number of halogens is 1. The van der Waals surface area contributed by atoms with Crippen LogP contribution >= 0.6 is 15.9 Å². The number of carbonyl (C=O) groups is 2. The summed E-state index contributed by atoms with van der Waals surface area (Å²) in [6, 6.07) is 17.3. The quantitative estimate of drug-likeness (QED) is 0.203. The van der Waals surface area contributed by atoms with Gasteiger partial charge in [0.25, 0.3) is 5.91 Å². The van der Waals surface area contributed by atoms with Gasteiger partial charge in [-0.2, -0.15) is 5.10 Å². The Bertz CT molecular complexity index is 1030. The van der Waals surface area contributed by atoms with Crippen molar-refractivity contribution in [1.82, 2.24) is 5.43 Å². The van der Waals surface area contributed by atoms with Gasteiger partial charge in [0.2, 0.25) is 0 Å². The highest BCUT2D eigenvalue weighted by atomic mass is 79.9. The highest BCUT2D eigenvalue weighted by Gasteiger charge is 2.07. The summed E-state index contributed by atoms with van der Waals surface area (Å²) in [5, 5.41) is 3.94. The first-order valence-electron chi connectivity index (χ1n) is 8.23. The molecule has 0 fully saturated rings. The molecule has 0 atom stereocenters. The van der Waals surface area contributed by atoms with Crippen LogP contribution in [0.15, 0.2) is 87.0 Å². The van der Waals surface area contributed by atoms with Gasteiger partial charge in [0, 0.05) is 10.5 Å². The molecule has 0 saturated carbocycles. The molecule has 2 aromatic carbocycles. The van der Waals surface area contributed by atoms with Crippen molar-refractivity contribution < 1.29 is 18.7 Å². The number of amides is 1. The van der Waals surface area contributed by atoms with E-state index in [2.05, 4.69) is 26.5 Å². The maximum atomic E-state index is 12.1. The summed E-state index contributed by atoms with van der Waals surface area (Å²) in [5.74, 6) is 0.0379. The molecule has 3 aromatic rings. The van der Waals surface area contributed by atoms with Crippen molar-refractivity contribution in [3.8, 4) is 5.75 Å². The van der Waals surface area contributed by atoms with Crippen LogP contribution in [0.1, 0.15) is 21.7 Å². The monoisotopic (exact) mass is 438 g/mol. The first-order valence-corrected chi connectivity index (χ1v) is 9.02. The van der Waals surface area contributed by atoms with Gasteiger partial charge in [-0.25, -0.2) is 10.2 Å². The predicted molar refractivity (Wildman–Crippen MR) is 109 cm³/mol. The lowest BCUT2D eigenvalue weighted by Gasteiger charge is -2.03. The van der Waals surface area contributed by atoms with Crippen molar-refractivity contribution in [3.05, 3.63) is 94.4 Å². The van der Waals surface area contributed by atoms with Crippen molar-refractivity contribution in [2.24, 2.45) is 5.10 Å². The maximum absolute atomic E-state index is 12.1. The number of hydrogen-bond donors (Lipinski definition) is 1. The standard InChI is InChI=1S/C21H15BrN2O4/c22-19-9-2-1-8-18(19)21(26)24-23-14-15-5-3-6-17(13-15)28-20(25)11-10-16-7-4-12-27-16/h1-14H,(H,24,26)/b11-10+,23-14-. The molecule has 0 aliphatic heterocycles. The molecule has 3 rings (SSSR count). The van der Waals surface area contributed by atoms with Gasteiger partial charge in [-0.3, -0.25) is 4.79 Å². The van der Waals surface area contributed by atoms with Crippen molar-refractivity contribution in [3.63, 3.8) is 0 Å². The summed E-state index contributed by atoms with van der Waals surface area (Å²) in [6.07, 6.45) is 5.77. The molecule has 1 aromatic heterocycles. The fourth-order valence-electron chi connectivity index (χ4n) is 2.22. The SMILES string of the molecule is O=C(/C=C/c1ccco1)Oc1cccc(/C=N\NC(=O)c2ccccc2Br)c1. The molecular weight excluding hydrogens is 424 g/mol. The number of benzene rings is 2. The number of rotatable bonds is 6. The lowest BCUT2D eigenvalue weighted by Crippen LogP contribution is -2.18. The average Bonchev–Trinajstić information content (AvgIpc) is 3.21. The van der Waals surface area contributed by atoms with Crippen LogP contribution in [0, 0.1) is 0 Å². The van der Waals surface area contributed by atoms with E-state index in [0.29, 0.717) is 27.1 Å². The number of esters is 1. The smallest absolute Gasteiger partial charge is 0.336 e. The van der Waals surface area contributed by atoms with Crippen molar-refractivity contribution >= 4 is 40.1 Å². The zero-order valence-corrected chi connectivity index (χ0v) is 16.1. The normalized spacial score (nSPS) is 11.0. The summed E-state index contributed by atoms with van der Waals surface area (Å²) in [4.78, 5) is 24.0. The van der Waals surface area contributed by atoms with Crippen LogP contribution < -0.4 is 10.2 Å². The second-order valence-electron chi connectivity index (χ2n) is 5.52. The maximum Gasteiger partial charge on any atom is 0.336 e. The Morgan fingerprint density at radius 2 is 1.93 bits per heavy atom. The molecule has 140 valence electrons. The van der Waals surface area contributed by atoms with E-state index in [0.717, 1.165) is 0 Å².